The molecule has 2 fully saturated rings. The number of nitrogens with zero attached hydrogens (tertiary/aromatic N) is 3. The third kappa shape index (κ3) is 5.32. The first-order chi connectivity index (χ1) is 12.5. The molecule has 3 rings (SSSR count). The van der Waals surface area contributed by atoms with Gasteiger partial charge in [0.05, 0.1) is 5.02 Å². The molecule has 0 unspecified atom stereocenters. The van der Waals surface area contributed by atoms with E-state index in [0.29, 0.717) is 49.4 Å². The standard InChI is InChI=1S/C18H26ClN5O2/c1-23(15-3-4-15)11-8-20-18(26)24-9-6-13(7-10-24)17(25)22-16-5-2-14(19)12-21-16/h2,5,12-13,15H,3-4,6-11H2,1H3,(H,20,26)(H,21,22,25). The number of hydrogen-bond donors (Lipinski definition) is 2. The van der Waals surface area contributed by atoms with Crippen molar-refractivity contribution in [2.24, 2.45) is 5.92 Å². The van der Waals surface area contributed by atoms with Crippen molar-refractivity contribution in [3.8, 4) is 0 Å². The fraction of sp³-hybridized carbons (Fsp3) is 0.611. The summed E-state index contributed by atoms with van der Waals surface area (Å²) in [4.78, 5) is 32.7. The molecule has 142 valence electrons. The van der Waals surface area contributed by atoms with E-state index in [1.807, 2.05) is 0 Å². The first kappa shape index (κ1) is 18.9. The number of amides is 3. The minimum Gasteiger partial charge on any atom is -0.337 e. The van der Waals surface area contributed by atoms with Gasteiger partial charge in [-0.25, -0.2) is 9.78 Å². The minimum atomic E-state index is -0.0995. The number of likely N-dealkylation sites (N-methyl/N-ethyl adjacent to an activating group) is 1. The van der Waals surface area contributed by atoms with Crippen molar-refractivity contribution >= 4 is 29.4 Å². The van der Waals surface area contributed by atoms with E-state index in [-0.39, 0.29) is 17.9 Å². The van der Waals surface area contributed by atoms with Gasteiger partial charge in [0.15, 0.2) is 0 Å². The summed E-state index contributed by atoms with van der Waals surface area (Å²) in [6, 6.07) is 4.04. The number of carbonyl (C=O) groups excluding carboxylic acids is 2. The van der Waals surface area contributed by atoms with Crippen molar-refractivity contribution in [3.63, 3.8) is 0 Å². The summed E-state index contributed by atoms with van der Waals surface area (Å²) in [6.07, 6.45) is 5.37. The van der Waals surface area contributed by atoms with Gasteiger partial charge in [-0.2, -0.15) is 0 Å². The molecule has 0 spiro atoms. The van der Waals surface area contributed by atoms with Crippen LogP contribution >= 0.6 is 11.6 Å². The molecule has 2 N–H and O–H groups in total. The number of aromatic nitrogens is 1. The number of carbonyl (C=O) groups is 2. The van der Waals surface area contributed by atoms with Crippen molar-refractivity contribution in [2.45, 2.75) is 31.7 Å². The fourth-order valence-electron chi connectivity index (χ4n) is 3.17. The summed E-state index contributed by atoms with van der Waals surface area (Å²) in [5, 5.41) is 6.32. The lowest BCUT2D eigenvalue weighted by Crippen LogP contribution is -2.47. The lowest BCUT2D eigenvalue weighted by molar-refractivity contribution is -0.121. The van der Waals surface area contributed by atoms with Crippen LogP contribution in [0.1, 0.15) is 25.7 Å². The number of likely N-dealkylation sites (tertiary alicyclic amines) is 1. The monoisotopic (exact) mass is 379 g/mol. The van der Waals surface area contributed by atoms with Gasteiger partial charge in [0, 0.05) is 44.3 Å². The van der Waals surface area contributed by atoms with E-state index in [0.717, 1.165) is 6.54 Å². The molecule has 2 aliphatic rings. The van der Waals surface area contributed by atoms with Crippen molar-refractivity contribution in [1.82, 2.24) is 20.1 Å². The Morgan fingerprint density at radius 2 is 2.00 bits per heavy atom. The maximum atomic E-state index is 12.3. The lowest BCUT2D eigenvalue weighted by Gasteiger charge is -2.31. The molecule has 1 saturated carbocycles. The first-order valence-corrected chi connectivity index (χ1v) is 9.56. The van der Waals surface area contributed by atoms with E-state index < -0.39 is 0 Å². The number of halogens is 1. The van der Waals surface area contributed by atoms with Crippen molar-refractivity contribution in [2.75, 3.05) is 38.5 Å². The second kappa shape index (κ2) is 8.68. The molecular weight excluding hydrogens is 354 g/mol. The van der Waals surface area contributed by atoms with Crippen LogP contribution in [-0.2, 0) is 4.79 Å². The highest BCUT2D eigenvalue weighted by Gasteiger charge is 2.28. The first-order valence-electron chi connectivity index (χ1n) is 9.18. The molecule has 0 radical (unpaired) electrons. The van der Waals surface area contributed by atoms with Gasteiger partial charge in [-0.3, -0.25) is 4.79 Å². The highest BCUT2D eigenvalue weighted by Crippen LogP contribution is 2.24. The zero-order valence-electron chi connectivity index (χ0n) is 15.1. The van der Waals surface area contributed by atoms with Gasteiger partial charge in [0.25, 0.3) is 0 Å². The number of piperidine rings is 1. The van der Waals surface area contributed by atoms with Gasteiger partial charge in [-0.15, -0.1) is 0 Å². The van der Waals surface area contributed by atoms with Crippen LogP contribution in [0.3, 0.4) is 0 Å². The summed E-state index contributed by atoms with van der Waals surface area (Å²) in [5.41, 5.74) is 0. The molecular formula is C18H26ClN5O2. The number of anilines is 1. The molecule has 8 heteroatoms. The van der Waals surface area contributed by atoms with Crippen LogP contribution in [-0.4, -0.2) is 66.0 Å². The molecule has 3 amide bonds. The van der Waals surface area contributed by atoms with Gasteiger partial charge in [0.1, 0.15) is 5.82 Å². The van der Waals surface area contributed by atoms with Crippen LogP contribution in [0.15, 0.2) is 18.3 Å². The van der Waals surface area contributed by atoms with E-state index in [9.17, 15) is 9.59 Å². The Kier molecular flexibility index (Phi) is 6.32. The van der Waals surface area contributed by atoms with Crippen LogP contribution in [0.5, 0.6) is 0 Å². The third-order valence-electron chi connectivity index (χ3n) is 5.04. The van der Waals surface area contributed by atoms with E-state index in [1.165, 1.54) is 19.0 Å². The van der Waals surface area contributed by atoms with Gasteiger partial charge >= 0.3 is 6.03 Å². The normalized spacial score (nSPS) is 18.0. The molecule has 26 heavy (non-hydrogen) atoms. The topological polar surface area (TPSA) is 77.6 Å². The van der Waals surface area contributed by atoms with Crippen LogP contribution in [0.25, 0.3) is 0 Å². The number of nitrogens with one attached hydrogen (secondary N) is 2. The smallest absolute Gasteiger partial charge is 0.317 e. The van der Waals surface area contributed by atoms with Crippen molar-refractivity contribution in [3.05, 3.63) is 23.4 Å². The van der Waals surface area contributed by atoms with E-state index >= 15 is 0 Å². The summed E-state index contributed by atoms with van der Waals surface area (Å²) in [5.74, 6) is 0.350. The molecule has 1 aromatic heterocycles. The molecule has 2 heterocycles. The van der Waals surface area contributed by atoms with Crippen molar-refractivity contribution in [1.29, 1.82) is 0 Å². The van der Waals surface area contributed by atoms with Crippen LogP contribution in [0.2, 0.25) is 5.02 Å². The zero-order valence-corrected chi connectivity index (χ0v) is 15.8. The quantitative estimate of drug-likeness (QED) is 0.794. The number of urea groups is 1. The Hall–Kier alpha value is -1.86. The average molecular weight is 380 g/mol. The number of rotatable bonds is 6. The molecule has 1 aliphatic heterocycles. The molecule has 0 aromatic carbocycles. The Morgan fingerprint density at radius 1 is 1.27 bits per heavy atom. The maximum absolute atomic E-state index is 12.3. The highest BCUT2D eigenvalue weighted by molar-refractivity contribution is 6.30. The minimum absolute atomic E-state index is 0.0348. The molecule has 0 atom stereocenters. The van der Waals surface area contributed by atoms with Crippen molar-refractivity contribution < 1.29 is 9.59 Å². The zero-order chi connectivity index (χ0) is 18.5. The van der Waals surface area contributed by atoms with Crippen LogP contribution in [0.4, 0.5) is 10.6 Å². The largest absolute Gasteiger partial charge is 0.337 e. The van der Waals surface area contributed by atoms with Crippen LogP contribution in [0, 0.1) is 5.92 Å². The molecule has 1 aromatic rings. The molecule has 1 saturated heterocycles. The molecule has 0 bridgehead atoms. The Bertz CT molecular complexity index is 627. The van der Waals surface area contributed by atoms with Gasteiger partial charge in [-0.1, -0.05) is 11.6 Å². The lowest BCUT2D eigenvalue weighted by atomic mass is 9.96. The third-order valence-corrected chi connectivity index (χ3v) is 5.27. The summed E-state index contributed by atoms with van der Waals surface area (Å²) in [7, 11) is 2.10. The predicted octanol–water partition coefficient (Wildman–Crippen LogP) is 2.19. The second-order valence-electron chi connectivity index (χ2n) is 7.06. The predicted molar refractivity (Wildman–Crippen MR) is 101 cm³/mol. The SMILES string of the molecule is CN(CCNC(=O)N1CCC(C(=O)Nc2ccc(Cl)cn2)CC1)C1CC1. The fourth-order valence-corrected chi connectivity index (χ4v) is 3.28. The van der Waals surface area contributed by atoms with E-state index in [4.69, 9.17) is 11.6 Å². The number of hydrogen-bond acceptors (Lipinski definition) is 4. The van der Waals surface area contributed by atoms with Gasteiger partial charge in [0.2, 0.25) is 5.91 Å². The Morgan fingerprint density at radius 3 is 2.62 bits per heavy atom. The summed E-state index contributed by atoms with van der Waals surface area (Å²) in [6.45, 7) is 2.73. The molecule has 7 nitrogen and oxygen atoms in total. The maximum Gasteiger partial charge on any atom is 0.317 e. The Balaban J connectivity index is 1.36. The summed E-state index contributed by atoms with van der Waals surface area (Å²) >= 11 is 5.79. The molecule has 1 aliphatic carbocycles. The average Bonchev–Trinajstić information content (AvgIpc) is 3.49. The number of pyridine rings is 1. The van der Waals surface area contributed by atoms with E-state index in [1.54, 1.807) is 17.0 Å². The van der Waals surface area contributed by atoms with Crippen LogP contribution < -0.4 is 10.6 Å². The van der Waals surface area contributed by atoms with E-state index in [2.05, 4.69) is 27.6 Å². The van der Waals surface area contributed by atoms with Gasteiger partial charge in [-0.05, 0) is 44.9 Å². The Labute approximate surface area is 159 Å². The highest BCUT2D eigenvalue weighted by atomic mass is 35.5. The second-order valence-corrected chi connectivity index (χ2v) is 7.49. The van der Waals surface area contributed by atoms with Gasteiger partial charge < -0.3 is 20.4 Å². The summed E-state index contributed by atoms with van der Waals surface area (Å²) < 4.78 is 0.